The van der Waals surface area contributed by atoms with Gasteiger partial charge in [-0.1, -0.05) is 12.1 Å². The Morgan fingerprint density at radius 2 is 2.00 bits per heavy atom. The van der Waals surface area contributed by atoms with Gasteiger partial charge in [-0.3, -0.25) is 4.79 Å². The lowest BCUT2D eigenvalue weighted by Gasteiger charge is -2.02. The smallest absolute Gasteiger partial charge is 0.266 e. The van der Waals surface area contributed by atoms with Crippen molar-refractivity contribution in [2.45, 2.75) is 13.8 Å². The summed E-state index contributed by atoms with van der Waals surface area (Å²) in [4.78, 5) is 12.3. The van der Waals surface area contributed by atoms with E-state index in [1.165, 1.54) is 4.68 Å². The molecule has 0 bridgehead atoms. The standard InChI is InChI=1S/C15H12IN3O/c1-10-7-11(2)19(18-10)15(20)13(9-17)8-12-3-5-14(16)6-4-12/h3-8H,1-2H3/b13-8+. The number of nitriles is 1. The summed E-state index contributed by atoms with van der Waals surface area (Å²) in [5.41, 5.74) is 2.35. The summed E-state index contributed by atoms with van der Waals surface area (Å²) < 4.78 is 2.36. The molecule has 2 aromatic rings. The first-order chi connectivity index (χ1) is 9.51. The Hall–Kier alpha value is -1.94. The van der Waals surface area contributed by atoms with Crippen LogP contribution >= 0.6 is 22.6 Å². The summed E-state index contributed by atoms with van der Waals surface area (Å²) >= 11 is 2.20. The van der Waals surface area contributed by atoms with Crippen LogP contribution in [0.4, 0.5) is 0 Å². The lowest BCUT2D eigenvalue weighted by molar-refractivity contribution is 0.0944. The molecule has 0 N–H and O–H groups in total. The van der Waals surface area contributed by atoms with Crippen LogP contribution in [0, 0.1) is 28.7 Å². The molecule has 0 unspecified atom stereocenters. The monoisotopic (exact) mass is 377 g/mol. The Balaban J connectivity index is 2.38. The minimum absolute atomic E-state index is 0.0670. The van der Waals surface area contributed by atoms with Crippen molar-refractivity contribution in [2.24, 2.45) is 0 Å². The average Bonchev–Trinajstić information content (AvgIpc) is 2.76. The number of halogens is 1. The number of carbonyl (C=O) groups excluding carboxylic acids is 1. The SMILES string of the molecule is Cc1cc(C)n(C(=O)/C(C#N)=C/c2ccc(I)cc2)n1. The van der Waals surface area contributed by atoms with Gasteiger partial charge in [-0.05, 0) is 66.3 Å². The van der Waals surface area contributed by atoms with Crippen LogP contribution in [-0.4, -0.2) is 15.7 Å². The maximum atomic E-state index is 12.3. The molecule has 0 fully saturated rings. The lowest BCUT2D eigenvalue weighted by atomic mass is 10.1. The topological polar surface area (TPSA) is 58.7 Å². The van der Waals surface area contributed by atoms with Crippen molar-refractivity contribution in [1.82, 2.24) is 9.78 Å². The molecule has 0 aliphatic carbocycles. The Labute approximate surface area is 130 Å². The molecule has 0 radical (unpaired) electrons. The van der Waals surface area contributed by atoms with Crippen molar-refractivity contribution >= 4 is 34.6 Å². The van der Waals surface area contributed by atoms with Gasteiger partial charge in [0.15, 0.2) is 0 Å². The molecule has 5 heteroatoms. The number of aryl methyl sites for hydroxylation is 2. The molecule has 2 rings (SSSR count). The van der Waals surface area contributed by atoms with Crippen LogP contribution in [0.25, 0.3) is 6.08 Å². The predicted molar refractivity (Wildman–Crippen MR) is 85.1 cm³/mol. The highest BCUT2D eigenvalue weighted by Gasteiger charge is 2.15. The molecule has 1 heterocycles. The number of benzene rings is 1. The molecule has 0 aliphatic heterocycles. The highest BCUT2D eigenvalue weighted by atomic mass is 127. The van der Waals surface area contributed by atoms with E-state index in [1.54, 1.807) is 19.1 Å². The molecule has 1 aromatic carbocycles. The number of hydrogen-bond donors (Lipinski definition) is 0. The zero-order chi connectivity index (χ0) is 14.7. The van der Waals surface area contributed by atoms with Gasteiger partial charge in [-0.15, -0.1) is 0 Å². The molecule has 0 spiro atoms. The van der Waals surface area contributed by atoms with E-state index in [0.717, 1.165) is 20.5 Å². The molecule has 1 aromatic heterocycles. The van der Waals surface area contributed by atoms with Gasteiger partial charge >= 0.3 is 0 Å². The van der Waals surface area contributed by atoms with Gasteiger partial charge in [-0.2, -0.15) is 10.4 Å². The summed E-state index contributed by atoms with van der Waals surface area (Å²) in [5.74, 6) is -0.406. The van der Waals surface area contributed by atoms with E-state index in [1.807, 2.05) is 37.3 Å². The Bertz CT molecular complexity index is 721. The third-order valence-corrected chi connectivity index (χ3v) is 3.45. The van der Waals surface area contributed by atoms with Crippen LogP contribution in [0.3, 0.4) is 0 Å². The van der Waals surface area contributed by atoms with Crippen molar-refractivity contribution in [3.8, 4) is 6.07 Å². The van der Waals surface area contributed by atoms with E-state index in [4.69, 9.17) is 0 Å². The second-order valence-electron chi connectivity index (χ2n) is 4.37. The molecular formula is C15H12IN3O. The molecule has 0 saturated carbocycles. The van der Waals surface area contributed by atoms with Crippen molar-refractivity contribution in [3.63, 3.8) is 0 Å². The van der Waals surface area contributed by atoms with Crippen LogP contribution in [0.5, 0.6) is 0 Å². The average molecular weight is 377 g/mol. The van der Waals surface area contributed by atoms with Gasteiger partial charge in [0.05, 0.1) is 5.69 Å². The number of nitrogens with zero attached hydrogens (tertiary/aromatic N) is 3. The van der Waals surface area contributed by atoms with Crippen molar-refractivity contribution in [2.75, 3.05) is 0 Å². The predicted octanol–water partition coefficient (Wildman–Crippen LogP) is 3.35. The third-order valence-electron chi connectivity index (χ3n) is 2.73. The molecule has 0 atom stereocenters. The van der Waals surface area contributed by atoms with Gasteiger partial charge in [0.25, 0.3) is 5.91 Å². The van der Waals surface area contributed by atoms with Crippen LogP contribution in [-0.2, 0) is 0 Å². The molecule has 20 heavy (non-hydrogen) atoms. The first-order valence-electron chi connectivity index (χ1n) is 5.96. The normalized spacial score (nSPS) is 11.2. The van der Waals surface area contributed by atoms with Crippen LogP contribution in [0.15, 0.2) is 35.9 Å². The van der Waals surface area contributed by atoms with Gasteiger partial charge in [0.2, 0.25) is 0 Å². The maximum absolute atomic E-state index is 12.3. The van der Waals surface area contributed by atoms with Gasteiger partial charge in [0, 0.05) is 9.26 Å². The minimum Gasteiger partial charge on any atom is -0.266 e. The zero-order valence-corrected chi connectivity index (χ0v) is 13.2. The Kier molecular flexibility index (Phi) is 4.35. The molecule has 4 nitrogen and oxygen atoms in total. The van der Waals surface area contributed by atoms with E-state index in [2.05, 4.69) is 27.7 Å². The first-order valence-corrected chi connectivity index (χ1v) is 7.04. The van der Waals surface area contributed by atoms with E-state index >= 15 is 0 Å². The zero-order valence-electron chi connectivity index (χ0n) is 11.1. The number of aromatic nitrogens is 2. The quantitative estimate of drug-likeness (QED) is 0.458. The van der Waals surface area contributed by atoms with Crippen LogP contribution in [0.1, 0.15) is 21.7 Å². The second-order valence-corrected chi connectivity index (χ2v) is 5.61. The fraction of sp³-hybridized carbons (Fsp3) is 0.133. The Morgan fingerprint density at radius 3 is 2.50 bits per heavy atom. The highest BCUT2D eigenvalue weighted by Crippen LogP contribution is 2.12. The van der Waals surface area contributed by atoms with E-state index in [9.17, 15) is 10.1 Å². The van der Waals surface area contributed by atoms with Crippen molar-refractivity contribution < 1.29 is 4.79 Å². The summed E-state index contributed by atoms with van der Waals surface area (Å²) in [6.07, 6.45) is 1.58. The number of carbonyl (C=O) groups is 1. The van der Waals surface area contributed by atoms with Crippen LogP contribution in [0.2, 0.25) is 0 Å². The van der Waals surface area contributed by atoms with Crippen LogP contribution < -0.4 is 0 Å². The van der Waals surface area contributed by atoms with Crippen molar-refractivity contribution in [1.29, 1.82) is 5.26 Å². The van der Waals surface area contributed by atoms with Gasteiger partial charge in [0.1, 0.15) is 11.6 Å². The minimum atomic E-state index is -0.406. The fourth-order valence-electron chi connectivity index (χ4n) is 1.82. The van der Waals surface area contributed by atoms with Crippen molar-refractivity contribution in [3.05, 3.63) is 56.4 Å². The molecule has 0 saturated heterocycles. The van der Waals surface area contributed by atoms with E-state index in [-0.39, 0.29) is 5.57 Å². The fourth-order valence-corrected chi connectivity index (χ4v) is 2.18. The first kappa shape index (κ1) is 14.5. The molecular weight excluding hydrogens is 365 g/mol. The van der Waals surface area contributed by atoms with Gasteiger partial charge in [-0.25, -0.2) is 4.68 Å². The Morgan fingerprint density at radius 1 is 1.35 bits per heavy atom. The number of rotatable bonds is 2. The van der Waals surface area contributed by atoms with E-state index < -0.39 is 5.91 Å². The summed E-state index contributed by atoms with van der Waals surface area (Å²) in [6.45, 7) is 3.60. The third kappa shape index (κ3) is 3.14. The molecule has 0 aliphatic rings. The van der Waals surface area contributed by atoms with E-state index in [0.29, 0.717) is 0 Å². The highest BCUT2D eigenvalue weighted by molar-refractivity contribution is 14.1. The number of hydrogen-bond acceptors (Lipinski definition) is 3. The second kappa shape index (κ2) is 6.01. The maximum Gasteiger partial charge on any atom is 0.289 e. The summed E-state index contributed by atoms with van der Waals surface area (Å²) in [7, 11) is 0. The lowest BCUT2D eigenvalue weighted by Crippen LogP contribution is -2.15. The summed E-state index contributed by atoms with van der Waals surface area (Å²) in [6, 6.07) is 11.3. The molecule has 100 valence electrons. The summed E-state index contributed by atoms with van der Waals surface area (Å²) in [5, 5.41) is 13.3. The molecule has 0 amide bonds. The number of allylic oxidation sites excluding steroid dienone is 1. The van der Waals surface area contributed by atoms with Gasteiger partial charge < -0.3 is 0 Å². The largest absolute Gasteiger partial charge is 0.289 e.